The van der Waals surface area contributed by atoms with E-state index in [1.54, 1.807) is 0 Å². The fourth-order valence-electron chi connectivity index (χ4n) is 4.79. The molecular weight excluding hydrogens is 448 g/mol. The van der Waals surface area contributed by atoms with Crippen molar-refractivity contribution in [3.05, 3.63) is 46.5 Å². The lowest BCUT2D eigenvalue weighted by molar-refractivity contribution is 0.276. The lowest BCUT2D eigenvalue weighted by Crippen LogP contribution is -2.09. The molecule has 0 saturated carbocycles. The van der Waals surface area contributed by atoms with Crippen molar-refractivity contribution in [2.24, 2.45) is 0 Å². The quantitative estimate of drug-likeness (QED) is 0.263. The summed E-state index contributed by atoms with van der Waals surface area (Å²) in [5.41, 5.74) is 7.68. The maximum absolute atomic E-state index is 6.43. The molecule has 198 valence electrons. The predicted molar refractivity (Wildman–Crippen MR) is 148 cm³/mol. The summed E-state index contributed by atoms with van der Waals surface area (Å²) in [6.07, 6.45) is 2.69. The molecule has 0 bridgehead atoms. The van der Waals surface area contributed by atoms with Gasteiger partial charge in [-0.05, 0) is 81.3 Å². The summed E-state index contributed by atoms with van der Waals surface area (Å²) < 4.78 is 23.7. The van der Waals surface area contributed by atoms with E-state index in [9.17, 15) is 0 Å². The summed E-state index contributed by atoms with van der Waals surface area (Å²) in [4.78, 5) is 0. The largest absolute Gasteiger partial charge is 0.493 e. The second kappa shape index (κ2) is 11.6. The fraction of sp³-hybridized carbons (Fsp3) is 0.625. The van der Waals surface area contributed by atoms with E-state index in [1.165, 1.54) is 33.4 Å². The highest BCUT2D eigenvalue weighted by molar-refractivity contribution is 5.72. The van der Waals surface area contributed by atoms with E-state index >= 15 is 0 Å². The van der Waals surface area contributed by atoms with E-state index in [1.807, 2.05) is 0 Å². The summed E-state index contributed by atoms with van der Waals surface area (Å²) in [5, 5.41) is 0. The number of benzene rings is 2. The van der Waals surface area contributed by atoms with Gasteiger partial charge in [0.05, 0.1) is 38.6 Å². The van der Waals surface area contributed by atoms with Crippen LogP contribution in [0.2, 0.25) is 0 Å². The molecular formula is C32H46O4. The molecule has 36 heavy (non-hydrogen) atoms. The smallest absolute Gasteiger partial charge is 0.126 e. The van der Waals surface area contributed by atoms with Crippen LogP contribution in [-0.4, -0.2) is 38.6 Å². The van der Waals surface area contributed by atoms with Crippen molar-refractivity contribution in [3.63, 3.8) is 0 Å². The molecule has 2 atom stereocenters. The van der Waals surface area contributed by atoms with E-state index in [-0.39, 0.29) is 0 Å². The molecule has 0 amide bonds. The first-order valence-electron chi connectivity index (χ1n) is 14.0. The van der Waals surface area contributed by atoms with Gasteiger partial charge in [0.15, 0.2) is 0 Å². The fourth-order valence-corrected chi connectivity index (χ4v) is 4.79. The first-order chi connectivity index (χ1) is 17.2. The van der Waals surface area contributed by atoms with Crippen LogP contribution in [0.5, 0.6) is 11.5 Å². The van der Waals surface area contributed by atoms with Crippen molar-refractivity contribution < 1.29 is 18.9 Å². The molecule has 2 aromatic rings. The third-order valence-electron chi connectivity index (χ3n) is 7.29. The van der Waals surface area contributed by atoms with Gasteiger partial charge in [-0.2, -0.15) is 0 Å². The second-order valence-electron chi connectivity index (χ2n) is 11.8. The topological polar surface area (TPSA) is 43.5 Å². The van der Waals surface area contributed by atoms with Crippen molar-refractivity contribution in [1.29, 1.82) is 0 Å². The Morgan fingerprint density at radius 2 is 0.861 bits per heavy atom. The molecule has 2 saturated heterocycles. The van der Waals surface area contributed by atoms with Gasteiger partial charge in [-0.1, -0.05) is 55.4 Å². The zero-order chi connectivity index (χ0) is 26.0. The highest BCUT2D eigenvalue weighted by atomic mass is 16.6. The Morgan fingerprint density at radius 3 is 1.08 bits per heavy atom. The van der Waals surface area contributed by atoms with Crippen LogP contribution in [0, 0.1) is 0 Å². The van der Waals surface area contributed by atoms with Crippen LogP contribution >= 0.6 is 0 Å². The minimum atomic E-state index is 0.371. The first-order valence-corrected chi connectivity index (χ1v) is 14.0. The number of rotatable bonds is 13. The van der Waals surface area contributed by atoms with Crippen molar-refractivity contribution in [3.8, 4) is 22.6 Å². The van der Waals surface area contributed by atoms with E-state index in [4.69, 9.17) is 18.9 Å². The maximum Gasteiger partial charge on any atom is 0.126 e. The molecule has 0 N–H and O–H groups in total. The van der Waals surface area contributed by atoms with Crippen molar-refractivity contribution >= 4 is 0 Å². The van der Waals surface area contributed by atoms with Crippen LogP contribution in [0.15, 0.2) is 24.3 Å². The monoisotopic (exact) mass is 494 g/mol. The number of epoxide rings is 2. The third-order valence-corrected chi connectivity index (χ3v) is 7.29. The van der Waals surface area contributed by atoms with E-state index < -0.39 is 0 Å². The van der Waals surface area contributed by atoms with E-state index in [0.29, 0.717) is 49.1 Å². The molecule has 4 heteroatoms. The van der Waals surface area contributed by atoms with Crippen LogP contribution in [0.3, 0.4) is 0 Å². The Morgan fingerprint density at radius 1 is 0.583 bits per heavy atom. The lowest BCUT2D eigenvalue weighted by atomic mass is 9.86. The maximum atomic E-state index is 6.43. The SMILES string of the molecule is CC(C)c1cc(-c2cc(C(C)C)c(OCCC3CO3)c(C(C)C)c2)cc(C(C)C)c1OCCC1CO1. The van der Waals surface area contributed by atoms with E-state index in [0.717, 1.165) is 37.6 Å². The van der Waals surface area contributed by atoms with Crippen LogP contribution < -0.4 is 9.47 Å². The Balaban J connectivity index is 1.75. The van der Waals surface area contributed by atoms with Crippen molar-refractivity contribution in [1.82, 2.24) is 0 Å². The minimum Gasteiger partial charge on any atom is -0.493 e. The average molecular weight is 495 g/mol. The van der Waals surface area contributed by atoms with Gasteiger partial charge >= 0.3 is 0 Å². The molecule has 0 spiro atoms. The number of hydrogen-bond donors (Lipinski definition) is 0. The van der Waals surface area contributed by atoms with Crippen LogP contribution in [-0.2, 0) is 9.47 Å². The van der Waals surface area contributed by atoms with Gasteiger partial charge in [0.25, 0.3) is 0 Å². The first kappa shape index (κ1) is 27.0. The van der Waals surface area contributed by atoms with Gasteiger partial charge < -0.3 is 18.9 Å². The van der Waals surface area contributed by atoms with Crippen molar-refractivity contribution in [2.75, 3.05) is 26.4 Å². The summed E-state index contributed by atoms with van der Waals surface area (Å²) in [6, 6.07) is 9.42. The van der Waals surface area contributed by atoms with E-state index in [2.05, 4.69) is 79.7 Å². The molecule has 0 aliphatic carbocycles. The number of hydrogen-bond acceptors (Lipinski definition) is 4. The molecule has 2 aliphatic heterocycles. The lowest BCUT2D eigenvalue weighted by Gasteiger charge is -2.24. The molecule has 2 aliphatic rings. The molecule has 4 nitrogen and oxygen atoms in total. The zero-order valence-electron chi connectivity index (χ0n) is 23.6. The Bertz CT molecular complexity index is 887. The molecule has 2 fully saturated rings. The second-order valence-corrected chi connectivity index (χ2v) is 11.8. The Kier molecular flexibility index (Phi) is 8.67. The molecule has 2 unspecified atom stereocenters. The third kappa shape index (κ3) is 6.63. The molecule has 0 aromatic heterocycles. The molecule has 2 aromatic carbocycles. The van der Waals surface area contributed by atoms with Gasteiger partial charge in [-0.3, -0.25) is 0 Å². The zero-order valence-corrected chi connectivity index (χ0v) is 23.6. The molecule has 0 radical (unpaired) electrons. The van der Waals surface area contributed by atoms with Crippen molar-refractivity contribution in [2.45, 2.75) is 104 Å². The molecule has 2 heterocycles. The van der Waals surface area contributed by atoms with Gasteiger partial charge in [-0.25, -0.2) is 0 Å². The van der Waals surface area contributed by atoms with Gasteiger partial charge in [0, 0.05) is 12.8 Å². The summed E-state index contributed by atoms with van der Waals surface area (Å²) in [7, 11) is 0. The highest BCUT2D eigenvalue weighted by Gasteiger charge is 2.25. The number of ether oxygens (including phenoxy) is 4. The predicted octanol–water partition coefficient (Wildman–Crippen LogP) is 8.18. The Labute approximate surface area is 218 Å². The average Bonchev–Trinajstić information content (AvgIpc) is 3.74. The van der Waals surface area contributed by atoms with Gasteiger partial charge in [0.1, 0.15) is 11.5 Å². The van der Waals surface area contributed by atoms with Crippen LogP contribution in [0.4, 0.5) is 0 Å². The summed E-state index contributed by atoms with van der Waals surface area (Å²) in [5.74, 6) is 3.62. The standard InChI is InChI=1S/C32H46O4/c1-19(2)27-13-23(14-28(20(3)4)31(27)33-11-9-25-17-35-25)24-15-29(21(5)6)32(30(16-24)22(7)8)34-12-10-26-18-36-26/h13-16,19-22,25-26H,9-12,17-18H2,1-8H3. The molecule has 4 rings (SSSR count). The Hall–Kier alpha value is -2.04. The van der Waals surface area contributed by atoms with Crippen LogP contribution in [0.25, 0.3) is 11.1 Å². The summed E-state index contributed by atoms with van der Waals surface area (Å²) in [6.45, 7) is 21.3. The normalized spacial score (nSPS) is 19.0. The minimum absolute atomic E-state index is 0.371. The highest BCUT2D eigenvalue weighted by Crippen LogP contribution is 2.43. The van der Waals surface area contributed by atoms with Gasteiger partial charge in [0.2, 0.25) is 0 Å². The van der Waals surface area contributed by atoms with Crippen LogP contribution in [0.1, 0.15) is 114 Å². The van der Waals surface area contributed by atoms with Gasteiger partial charge in [-0.15, -0.1) is 0 Å². The summed E-state index contributed by atoms with van der Waals surface area (Å²) >= 11 is 0.